The van der Waals surface area contributed by atoms with Crippen LogP contribution in [0.25, 0.3) is 0 Å². The van der Waals surface area contributed by atoms with Crippen molar-refractivity contribution in [3.63, 3.8) is 0 Å². The van der Waals surface area contributed by atoms with Gasteiger partial charge in [-0.3, -0.25) is 18.6 Å². The lowest BCUT2D eigenvalue weighted by molar-refractivity contribution is -0.161. The summed E-state index contributed by atoms with van der Waals surface area (Å²) in [6.45, 7) is 4.52. The largest absolute Gasteiger partial charge is 0.472 e. The van der Waals surface area contributed by atoms with Crippen molar-refractivity contribution in [3.8, 4) is 0 Å². The number of hydrogen-bond donors (Lipinski definition) is 4. The van der Waals surface area contributed by atoms with E-state index in [1.54, 1.807) is 6.08 Å². The van der Waals surface area contributed by atoms with E-state index in [-0.39, 0.29) is 19.4 Å². The van der Waals surface area contributed by atoms with E-state index in [1.807, 2.05) is 18.2 Å². The summed E-state index contributed by atoms with van der Waals surface area (Å²) in [4.78, 5) is 35.0. The molecule has 0 radical (unpaired) electrons. The van der Waals surface area contributed by atoms with Gasteiger partial charge >= 0.3 is 19.8 Å². The number of carbonyl (C=O) groups is 2. The van der Waals surface area contributed by atoms with Crippen LogP contribution in [-0.4, -0.2) is 76.9 Å². The van der Waals surface area contributed by atoms with Gasteiger partial charge in [0.05, 0.1) is 25.9 Å². The number of rotatable bonds is 41. The Morgan fingerprint density at radius 1 is 0.632 bits per heavy atom. The number of ether oxygens (including phenoxy) is 2. The molecule has 0 amide bonds. The van der Waals surface area contributed by atoms with Gasteiger partial charge in [0.1, 0.15) is 12.7 Å². The first-order valence-corrected chi connectivity index (χ1v) is 23.9. The van der Waals surface area contributed by atoms with Crippen LogP contribution in [0.2, 0.25) is 0 Å². The lowest BCUT2D eigenvalue weighted by Crippen LogP contribution is -2.29. The van der Waals surface area contributed by atoms with Gasteiger partial charge in [0.15, 0.2) is 6.10 Å². The molecule has 3 unspecified atom stereocenters. The zero-order chi connectivity index (χ0) is 42.2. The predicted octanol–water partition coefficient (Wildman–Crippen LogP) is 10.8. The first-order valence-electron chi connectivity index (χ1n) is 22.4. The average Bonchev–Trinajstić information content (AvgIpc) is 3.19. The van der Waals surface area contributed by atoms with Gasteiger partial charge in [-0.25, -0.2) is 4.57 Å². The Bertz CT molecular complexity index is 1080. The molecule has 4 N–H and O–H groups in total. The summed E-state index contributed by atoms with van der Waals surface area (Å²) in [6, 6.07) is 0. The van der Waals surface area contributed by atoms with Crippen LogP contribution in [0, 0.1) is 5.92 Å². The van der Waals surface area contributed by atoms with E-state index in [9.17, 15) is 29.3 Å². The number of unbranched alkanes of at least 4 members (excludes halogenated alkanes) is 17. The third-order valence-electron chi connectivity index (χ3n) is 9.95. The molecule has 0 saturated heterocycles. The summed E-state index contributed by atoms with van der Waals surface area (Å²) < 4.78 is 32.7. The van der Waals surface area contributed by atoms with E-state index in [2.05, 4.69) is 37.4 Å². The second-order valence-electron chi connectivity index (χ2n) is 15.5. The van der Waals surface area contributed by atoms with E-state index >= 15 is 0 Å². The van der Waals surface area contributed by atoms with Gasteiger partial charge in [-0.05, 0) is 38.0 Å². The van der Waals surface area contributed by atoms with Crippen molar-refractivity contribution in [3.05, 3.63) is 36.5 Å². The molecule has 11 nitrogen and oxygen atoms in total. The van der Waals surface area contributed by atoms with Crippen LogP contribution >= 0.6 is 7.82 Å². The van der Waals surface area contributed by atoms with Crippen molar-refractivity contribution in [2.75, 3.05) is 26.4 Å². The molecule has 0 aliphatic carbocycles. The summed E-state index contributed by atoms with van der Waals surface area (Å²) in [5, 5.41) is 28.5. The van der Waals surface area contributed by atoms with E-state index in [4.69, 9.17) is 19.1 Å². The molecule has 57 heavy (non-hydrogen) atoms. The van der Waals surface area contributed by atoms with Crippen molar-refractivity contribution < 1.29 is 52.9 Å². The van der Waals surface area contributed by atoms with Gasteiger partial charge in [0, 0.05) is 12.8 Å². The van der Waals surface area contributed by atoms with Crippen LogP contribution in [0.3, 0.4) is 0 Å². The van der Waals surface area contributed by atoms with Crippen molar-refractivity contribution in [1.29, 1.82) is 0 Å². The molecule has 5 atom stereocenters. The Labute approximate surface area is 346 Å². The standard InChI is InChI=1S/C45H83O11P/c1-4-6-7-8-17-22-27-32-41(47)33-28-23-20-25-29-34-44(49)53-38-43(39-55-57(51,52)54-37-42(48)36-46)56-45(50)35-30-24-19-16-14-12-10-9-11-13-15-18-21-26-31-40(3)5-2/h6-7,17,22,27,32,40-43,46-48H,4-5,8-16,18-21,23-26,28-31,33-39H2,1-3H3,(H,51,52)/b7-6+,22-17+,32-27+/t40?,41?,42-,43+/m0/s1. The van der Waals surface area contributed by atoms with Gasteiger partial charge in [0.25, 0.3) is 0 Å². The van der Waals surface area contributed by atoms with Crippen LogP contribution in [0.1, 0.15) is 188 Å². The van der Waals surface area contributed by atoms with Crippen LogP contribution in [-0.2, 0) is 32.7 Å². The van der Waals surface area contributed by atoms with Gasteiger partial charge in [-0.15, -0.1) is 0 Å². The van der Waals surface area contributed by atoms with E-state index in [0.29, 0.717) is 19.3 Å². The highest BCUT2D eigenvalue weighted by molar-refractivity contribution is 7.47. The van der Waals surface area contributed by atoms with Gasteiger partial charge in [-0.1, -0.05) is 179 Å². The lowest BCUT2D eigenvalue weighted by atomic mass is 9.99. The normalized spacial score (nSPS) is 15.3. The van der Waals surface area contributed by atoms with Crippen molar-refractivity contribution >= 4 is 19.8 Å². The van der Waals surface area contributed by atoms with Gasteiger partial charge < -0.3 is 29.7 Å². The monoisotopic (exact) mass is 831 g/mol. The predicted molar refractivity (Wildman–Crippen MR) is 230 cm³/mol. The fraction of sp³-hybridized carbons (Fsp3) is 0.822. The molecular formula is C45H83O11P. The maximum absolute atomic E-state index is 12.6. The van der Waals surface area contributed by atoms with E-state index < -0.39 is 57.9 Å². The fourth-order valence-electron chi connectivity index (χ4n) is 6.09. The molecule has 0 spiro atoms. The van der Waals surface area contributed by atoms with Gasteiger partial charge in [-0.2, -0.15) is 0 Å². The molecule has 0 aromatic heterocycles. The molecule has 0 bridgehead atoms. The Kier molecular flexibility index (Phi) is 38.3. The number of allylic oxidation sites excluding steroid dienone is 5. The Balaban J connectivity index is 4.34. The van der Waals surface area contributed by atoms with E-state index in [0.717, 1.165) is 63.7 Å². The second kappa shape index (κ2) is 39.6. The maximum Gasteiger partial charge on any atom is 0.472 e. The average molecular weight is 831 g/mol. The highest BCUT2D eigenvalue weighted by Crippen LogP contribution is 2.43. The number of phosphoric acid groups is 1. The third kappa shape index (κ3) is 39.4. The molecule has 0 aromatic rings. The molecule has 12 heteroatoms. The minimum absolute atomic E-state index is 0.166. The minimum atomic E-state index is -4.64. The van der Waals surface area contributed by atoms with Gasteiger partial charge in [0.2, 0.25) is 0 Å². The Morgan fingerprint density at radius 3 is 1.68 bits per heavy atom. The minimum Gasteiger partial charge on any atom is -0.462 e. The molecule has 0 aromatic carbocycles. The number of aliphatic hydroxyl groups excluding tert-OH is 3. The molecule has 0 heterocycles. The number of phosphoric ester groups is 1. The highest BCUT2D eigenvalue weighted by Gasteiger charge is 2.27. The SMILES string of the molecule is CC/C=C/C/C=C/C=C/C(O)CCCCCCCC(=O)OC[C@H](COP(=O)(O)OC[C@@H](O)CO)OC(=O)CCCCCCCCCCCCCCCCC(C)CC. The summed E-state index contributed by atoms with van der Waals surface area (Å²) in [6.07, 6.45) is 35.5. The smallest absolute Gasteiger partial charge is 0.462 e. The molecule has 0 aliphatic heterocycles. The van der Waals surface area contributed by atoms with Crippen LogP contribution < -0.4 is 0 Å². The highest BCUT2D eigenvalue weighted by atomic mass is 31.2. The second-order valence-corrected chi connectivity index (χ2v) is 16.9. The summed E-state index contributed by atoms with van der Waals surface area (Å²) >= 11 is 0. The Morgan fingerprint density at radius 2 is 1.14 bits per heavy atom. The van der Waals surface area contributed by atoms with Crippen molar-refractivity contribution in [2.24, 2.45) is 5.92 Å². The fourth-order valence-corrected chi connectivity index (χ4v) is 6.88. The van der Waals surface area contributed by atoms with Crippen molar-refractivity contribution in [2.45, 2.75) is 206 Å². The van der Waals surface area contributed by atoms with E-state index in [1.165, 1.54) is 77.0 Å². The lowest BCUT2D eigenvalue weighted by Gasteiger charge is -2.20. The number of carbonyl (C=O) groups excluding carboxylic acids is 2. The van der Waals surface area contributed by atoms with Crippen LogP contribution in [0.4, 0.5) is 0 Å². The third-order valence-corrected chi connectivity index (χ3v) is 10.9. The first-order chi connectivity index (χ1) is 27.5. The molecule has 334 valence electrons. The molecule has 0 aliphatic rings. The quantitative estimate of drug-likeness (QED) is 0.0152. The zero-order valence-electron chi connectivity index (χ0n) is 36.1. The number of aliphatic hydroxyl groups is 3. The molecule has 0 rings (SSSR count). The topological polar surface area (TPSA) is 169 Å². The Hall–Kier alpha value is -1.85. The molecule has 0 fully saturated rings. The number of hydrogen-bond acceptors (Lipinski definition) is 10. The molecule has 0 saturated carbocycles. The zero-order valence-corrected chi connectivity index (χ0v) is 37.0. The summed E-state index contributed by atoms with van der Waals surface area (Å²) in [5.41, 5.74) is 0. The summed E-state index contributed by atoms with van der Waals surface area (Å²) in [7, 11) is -4.64. The van der Waals surface area contributed by atoms with Crippen LogP contribution in [0.15, 0.2) is 36.5 Å². The molecular weight excluding hydrogens is 747 g/mol. The first kappa shape index (κ1) is 55.2. The number of esters is 2. The van der Waals surface area contributed by atoms with Crippen molar-refractivity contribution in [1.82, 2.24) is 0 Å². The maximum atomic E-state index is 12.6. The van der Waals surface area contributed by atoms with Crippen LogP contribution in [0.5, 0.6) is 0 Å². The summed E-state index contributed by atoms with van der Waals surface area (Å²) in [5.74, 6) is -0.130.